The quantitative estimate of drug-likeness (QED) is 0.817. The first kappa shape index (κ1) is 18.9. The summed E-state index contributed by atoms with van der Waals surface area (Å²) >= 11 is 1.29. The third kappa shape index (κ3) is 3.38. The first-order valence-corrected chi connectivity index (χ1v) is 10.6. The van der Waals surface area contributed by atoms with Crippen LogP contribution in [0.3, 0.4) is 0 Å². The van der Waals surface area contributed by atoms with Crippen molar-refractivity contribution in [3.8, 4) is 0 Å². The van der Waals surface area contributed by atoms with Crippen molar-refractivity contribution in [2.45, 2.75) is 57.4 Å². The number of amides is 1. The minimum absolute atomic E-state index is 0.0372. The molecule has 0 saturated carbocycles. The van der Waals surface area contributed by atoms with Crippen molar-refractivity contribution < 1.29 is 17.7 Å². The second-order valence-electron chi connectivity index (χ2n) is 6.52. The number of anilines is 1. The van der Waals surface area contributed by atoms with Gasteiger partial charge >= 0.3 is 0 Å². The highest BCUT2D eigenvalue weighted by Crippen LogP contribution is 2.31. The predicted molar refractivity (Wildman–Crippen MR) is 95.5 cm³/mol. The zero-order valence-electron chi connectivity index (χ0n) is 15.0. The Kier molecular flexibility index (Phi) is 5.13. The van der Waals surface area contributed by atoms with Crippen molar-refractivity contribution in [1.82, 2.24) is 19.7 Å². The Balaban J connectivity index is 1.82. The number of aryl methyl sites for hydroxylation is 2. The van der Waals surface area contributed by atoms with Gasteiger partial charge in [-0.25, -0.2) is 8.42 Å². The average molecular weight is 399 g/mol. The third-order valence-electron chi connectivity index (χ3n) is 4.21. The number of carbonyl (C=O) groups excluding carboxylic acids is 1. The van der Waals surface area contributed by atoms with Crippen molar-refractivity contribution in [1.29, 1.82) is 0 Å². The molecule has 0 unspecified atom stereocenters. The van der Waals surface area contributed by atoms with Crippen LogP contribution in [0.25, 0.3) is 0 Å². The number of nitrogens with one attached hydrogen (secondary N) is 1. The molecule has 0 bridgehead atoms. The highest BCUT2D eigenvalue weighted by atomic mass is 32.2. The lowest BCUT2D eigenvalue weighted by Crippen LogP contribution is -2.43. The lowest BCUT2D eigenvalue weighted by molar-refractivity contribution is -0.119. The average Bonchev–Trinajstić information content (AvgIpc) is 3.27. The summed E-state index contributed by atoms with van der Waals surface area (Å²) in [5, 5.41) is 15.6. The lowest BCUT2D eigenvalue weighted by atomic mass is 10.2. The molecule has 9 nitrogen and oxygen atoms in total. The summed E-state index contributed by atoms with van der Waals surface area (Å²) in [6.45, 7) is 7.37. The fourth-order valence-electron chi connectivity index (χ4n) is 2.96. The standard InChI is InChI=1S/C15H21N5O4S2/c1-8(2)14-17-18-15(25-14)16-13(21)11-6-5-7-20(11)26(22,23)12-9(3)19-24-10(12)4/h8,11H,5-7H2,1-4H3,(H,16,18,21)/t11-/m0/s1. The minimum atomic E-state index is -3.87. The van der Waals surface area contributed by atoms with Gasteiger partial charge in [0.25, 0.3) is 0 Å². The molecule has 3 heterocycles. The molecule has 1 amide bonds. The first-order chi connectivity index (χ1) is 12.2. The molecular weight excluding hydrogens is 378 g/mol. The van der Waals surface area contributed by atoms with E-state index >= 15 is 0 Å². The van der Waals surface area contributed by atoms with Gasteiger partial charge in [-0.2, -0.15) is 4.31 Å². The van der Waals surface area contributed by atoms with Gasteiger partial charge in [-0.15, -0.1) is 10.2 Å². The first-order valence-electron chi connectivity index (χ1n) is 8.30. The molecule has 3 rings (SSSR count). The molecule has 26 heavy (non-hydrogen) atoms. The minimum Gasteiger partial charge on any atom is -0.360 e. The molecule has 1 N–H and O–H groups in total. The number of hydrogen-bond donors (Lipinski definition) is 1. The van der Waals surface area contributed by atoms with E-state index in [-0.39, 0.29) is 23.1 Å². The summed E-state index contributed by atoms with van der Waals surface area (Å²) in [4.78, 5) is 12.7. The summed E-state index contributed by atoms with van der Waals surface area (Å²) in [7, 11) is -3.87. The summed E-state index contributed by atoms with van der Waals surface area (Å²) in [6, 6.07) is -0.792. The fraction of sp³-hybridized carbons (Fsp3) is 0.600. The van der Waals surface area contributed by atoms with E-state index in [1.54, 1.807) is 13.8 Å². The van der Waals surface area contributed by atoms with Gasteiger partial charge < -0.3 is 4.52 Å². The highest BCUT2D eigenvalue weighted by molar-refractivity contribution is 7.89. The van der Waals surface area contributed by atoms with Gasteiger partial charge in [0.1, 0.15) is 21.6 Å². The zero-order valence-corrected chi connectivity index (χ0v) is 16.6. The van der Waals surface area contributed by atoms with Crippen LogP contribution >= 0.6 is 11.3 Å². The van der Waals surface area contributed by atoms with E-state index in [0.29, 0.717) is 23.7 Å². The Morgan fingerprint density at radius 3 is 2.65 bits per heavy atom. The zero-order chi connectivity index (χ0) is 19.1. The number of carbonyl (C=O) groups is 1. The van der Waals surface area contributed by atoms with E-state index in [4.69, 9.17) is 4.52 Å². The summed E-state index contributed by atoms with van der Waals surface area (Å²) in [6.07, 6.45) is 1.05. The van der Waals surface area contributed by atoms with Gasteiger partial charge in [-0.3, -0.25) is 10.1 Å². The molecule has 1 aliphatic heterocycles. The molecule has 0 radical (unpaired) electrons. The Hall–Kier alpha value is -1.85. The molecule has 142 valence electrons. The summed E-state index contributed by atoms with van der Waals surface area (Å²) in [5.74, 6) is 0.0320. The van der Waals surface area contributed by atoms with E-state index < -0.39 is 22.0 Å². The van der Waals surface area contributed by atoms with E-state index in [1.165, 1.54) is 15.6 Å². The molecule has 1 atom stereocenters. The maximum atomic E-state index is 13.0. The largest absolute Gasteiger partial charge is 0.360 e. The second kappa shape index (κ2) is 7.05. The molecule has 2 aromatic heterocycles. The Morgan fingerprint density at radius 2 is 2.08 bits per heavy atom. The Morgan fingerprint density at radius 1 is 1.35 bits per heavy atom. The van der Waals surface area contributed by atoms with Crippen molar-refractivity contribution in [2.24, 2.45) is 0 Å². The maximum Gasteiger partial charge on any atom is 0.249 e. The Labute approximate surface area is 155 Å². The number of sulfonamides is 1. The molecule has 0 aromatic carbocycles. The number of nitrogens with zero attached hydrogens (tertiary/aromatic N) is 4. The fourth-order valence-corrected chi connectivity index (χ4v) is 5.66. The number of rotatable bonds is 5. The number of aromatic nitrogens is 3. The summed E-state index contributed by atoms with van der Waals surface area (Å²) < 4.78 is 32.2. The molecule has 1 fully saturated rings. The molecule has 1 saturated heterocycles. The van der Waals surface area contributed by atoms with E-state index in [2.05, 4.69) is 20.7 Å². The van der Waals surface area contributed by atoms with Crippen LogP contribution in [0.5, 0.6) is 0 Å². The molecule has 0 spiro atoms. The van der Waals surface area contributed by atoms with Crippen LogP contribution < -0.4 is 5.32 Å². The van der Waals surface area contributed by atoms with Crippen molar-refractivity contribution in [3.05, 3.63) is 16.5 Å². The van der Waals surface area contributed by atoms with E-state index in [9.17, 15) is 13.2 Å². The van der Waals surface area contributed by atoms with Gasteiger partial charge in [0.15, 0.2) is 5.76 Å². The van der Waals surface area contributed by atoms with E-state index in [1.807, 2.05) is 13.8 Å². The summed E-state index contributed by atoms with van der Waals surface area (Å²) in [5.41, 5.74) is 0.291. The van der Waals surface area contributed by atoms with Crippen LogP contribution in [-0.2, 0) is 14.8 Å². The molecule has 1 aliphatic rings. The van der Waals surface area contributed by atoms with Crippen molar-refractivity contribution >= 4 is 32.4 Å². The van der Waals surface area contributed by atoms with Crippen LogP contribution in [0.1, 0.15) is 49.1 Å². The van der Waals surface area contributed by atoms with E-state index in [0.717, 1.165) is 5.01 Å². The van der Waals surface area contributed by atoms with Gasteiger partial charge in [-0.05, 0) is 26.7 Å². The predicted octanol–water partition coefficient (Wildman–Crippen LogP) is 2.06. The van der Waals surface area contributed by atoms with Crippen LogP contribution in [-0.4, -0.2) is 46.6 Å². The van der Waals surface area contributed by atoms with Crippen LogP contribution in [0, 0.1) is 13.8 Å². The monoisotopic (exact) mass is 399 g/mol. The van der Waals surface area contributed by atoms with Crippen LogP contribution in [0.4, 0.5) is 5.13 Å². The number of hydrogen-bond acceptors (Lipinski definition) is 8. The maximum absolute atomic E-state index is 13.0. The molecule has 2 aromatic rings. The van der Waals surface area contributed by atoms with Gasteiger partial charge in [-0.1, -0.05) is 30.3 Å². The Bertz CT molecular complexity index is 899. The molecule has 11 heteroatoms. The van der Waals surface area contributed by atoms with Crippen molar-refractivity contribution in [3.63, 3.8) is 0 Å². The second-order valence-corrected chi connectivity index (χ2v) is 9.35. The molecule has 0 aliphatic carbocycles. The lowest BCUT2D eigenvalue weighted by Gasteiger charge is -2.22. The van der Waals surface area contributed by atoms with Crippen LogP contribution in [0.2, 0.25) is 0 Å². The highest BCUT2D eigenvalue weighted by Gasteiger charge is 2.42. The molecular formula is C15H21N5O4S2. The third-order valence-corrected chi connectivity index (χ3v) is 7.50. The van der Waals surface area contributed by atoms with Crippen LogP contribution in [0.15, 0.2) is 9.42 Å². The smallest absolute Gasteiger partial charge is 0.249 e. The van der Waals surface area contributed by atoms with Gasteiger partial charge in [0, 0.05) is 12.5 Å². The van der Waals surface area contributed by atoms with Gasteiger partial charge in [0.2, 0.25) is 21.1 Å². The van der Waals surface area contributed by atoms with Gasteiger partial charge in [0.05, 0.1) is 0 Å². The topological polar surface area (TPSA) is 118 Å². The van der Waals surface area contributed by atoms with Crippen molar-refractivity contribution in [2.75, 3.05) is 11.9 Å². The normalized spacial score (nSPS) is 18.6. The SMILES string of the molecule is Cc1noc(C)c1S(=O)(=O)N1CCC[C@H]1C(=O)Nc1nnc(C(C)C)s1.